The molecule has 0 spiro atoms. The molecular weight excluding hydrogens is 696 g/mol. The molecule has 6 aromatic heterocycles. The third-order valence-corrected chi connectivity index (χ3v) is 10.5. The summed E-state index contributed by atoms with van der Waals surface area (Å²) in [6, 6.07) is 51.6. The van der Waals surface area contributed by atoms with E-state index in [-0.39, 0.29) is 0 Å². The second-order valence-electron chi connectivity index (χ2n) is 13.7. The molecule has 6 heterocycles. The first-order valence-electron chi connectivity index (χ1n) is 18.0. The van der Waals surface area contributed by atoms with Gasteiger partial charge in [-0.1, -0.05) is 103 Å². The molecule has 0 amide bonds. The van der Waals surface area contributed by atoms with Crippen LogP contribution in [0.2, 0.25) is 5.02 Å². The number of hydrogen-bond donors (Lipinski definition) is 0. The Hall–Kier alpha value is -7.15. The highest BCUT2D eigenvalue weighted by Crippen LogP contribution is 2.34. The van der Waals surface area contributed by atoms with Crippen LogP contribution in [0.1, 0.15) is 0 Å². The second-order valence-corrected chi connectivity index (χ2v) is 14.2. The smallest absolute Gasteiger partial charge is 0.0972 e. The summed E-state index contributed by atoms with van der Waals surface area (Å²) in [5, 5.41) is 6.85. The van der Waals surface area contributed by atoms with Crippen molar-refractivity contribution in [3.63, 3.8) is 0 Å². The fourth-order valence-corrected chi connectivity index (χ4v) is 7.82. The monoisotopic (exact) mass is 722 g/mol. The van der Waals surface area contributed by atoms with E-state index in [1.54, 1.807) is 6.20 Å². The molecule has 6 nitrogen and oxygen atoms in total. The standard InChI is InChI=1S/C48H27ClN6/c49-38-26-36(41-20-16-31-11-9-29-7-3-23-51-44(29)46(31)54-41)25-37(27-38)42-21-17-33-13-12-32-15-19-40(53-47(32)48(33)55-42)35-5-1-4-34(24-35)39-18-14-30-10-8-28-6-2-22-50-43(28)45(30)52-39/h1-27H. The summed E-state index contributed by atoms with van der Waals surface area (Å²) in [6.07, 6.45) is 3.62. The van der Waals surface area contributed by atoms with Crippen molar-refractivity contribution in [1.82, 2.24) is 29.9 Å². The van der Waals surface area contributed by atoms with Gasteiger partial charge in [0.25, 0.3) is 0 Å². The molecule has 7 heteroatoms. The first-order chi connectivity index (χ1) is 27.1. The summed E-state index contributed by atoms with van der Waals surface area (Å²) >= 11 is 6.79. The van der Waals surface area contributed by atoms with Crippen LogP contribution in [0.15, 0.2) is 164 Å². The molecule has 0 aliphatic carbocycles. The van der Waals surface area contributed by atoms with E-state index in [0.29, 0.717) is 5.02 Å². The van der Waals surface area contributed by atoms with Gasteiger partial charge >= 0.3 is 0 Å². The number of pyridine rings is 6. The molecule has 0 fully saturated rings. The molecule has 0 saturated carbocycles. The SMILES string of the molecule is Clc1cc(-c2ccc3ccc4cccnc4c3n2)cc(-c2ccc3ccc4ccc(-c5cccc(-c6ccc7ccc8cccnc8c7n6)c5)nc4c3n2)c1. The summed E-state index contributed by atoms with van der Waals surface area (Å²) in [4.78, 5) is 29.9. The maximum atomic E-state index is 6.79. The summed E-state index contributed by atoms with van der Waals surface area (Å²) < 4.78 is 0. The molecular formula is C48H27ClN6. The molecule has 11 rings (SSSR count). The Kier molecular flexibility index (Phi) is 7.12. The molecule has 5 aromatic carbocycles. The Balaban J connectivity index is 0.992. The van der Waals surface area contributed by atoms with Crippen molar-refractivity contribution in [1.29, 1.82) is 0 Å². The molecule has 0 aliphatic rings. The van der Waals surface area contributed by atoms with Gasteiger partial charge in [0.05, 0.1) is 55.9 Å². The van der Waals surface area contributed by atoms with Crippen molar-refractivity contribution >= 4 is 77.0 Å². The highest BCUT2D eigenvalue weighted by Gasteiger charge is 2.14. The predicted molar refractivity (Wildman–Crippen MR) is 225 cm³/mol. The van der Waals surface area contributed by atoms with Crippen LogP contribution in [0, 0.1) is 0 Å². The molecule has 0 bridgehead atoms. The number of hydrogen-bond acceptors (Lipinski definition) is 6. The van der Waals surface area contributed by atoms with E-state index < -0.39 is 0 Å². The van der Waals surface area contributed by atoms with Gasteiger partial charge in [-0.15, -0.1) is 0 Å². The lowest BCUT2D eigenvalue weighted by atomic mass is 10.0. The van der Waals surface area contributed by atoms with E-state index in [4.69, 9.17) is 31.5 Å². The van der Waals surface area contributed by atoms with E-state index in [2.05, 4.69) is 125 Å². The zero-order valence-electron chi connectivity index (χ0n) is 29.1. The first-order valence-corrected chi connectivity index (χ1v) is 18.4. The topological polar surface area (TPSA) is 77.3 Å². The lowest BCUT2D eigenvalue weighted by Gasteiger charge is -2.11. The molecule has 0 unspecified atom stereocenters. The van der Waals surface area contributed by atoms with Crippen LogP contribution in [0.4, 0.5) is 0 Å². The van der Waals surface area contributed by atoms with Gasteiger partial charge in [0.2, 0.25) is 0 Å². The zero-order chi connectivity index (χ0) is 36.5. The van der Waals surface area contributed by atoms with Crippen molar-refractivity contribution in [3.05, 3.63) is 169 Å². The molecule has 0 atom stereocenters. The quantitative estimate of drug-likeness (QED) is 0.168. The van der Waals surface area contributed by atoms with Gasteiger partial charge in [-0.05, 0) is 60.7 Å². The van der Waals surface area contributed by atoms with E-state index in [1.807, 2.05) is 42.6 Å². The molecule has 0 radical (unpaired) electrons. The minimum Gasteiger partial charge on any atom is -0.254 e. The Labute approximate surface area is 319 Å². The molecule has 256 valence electrons. The van der Waals surface area contributed by atoms with Gasteiger partial charge in [-0.25, -0.2) is 19.9 Å². The maximum Gasteiger partial charge on any atom is 0.0972 e. The largest absolute Gasteiger partial charge is 0.254 e. The fraction of sp³-hybridized carbons (Fsp3) is 0. The Morgan fingerprint density at radius 2 is 0.618 bits per heavy atom. The van der Waals surface area contributed by atoms with Gasteiger partial charge in [0, 0.05) is 72.0 Å². The van der Waals surface area contributed by atoms with Crippen molar-refractivity contribution in [2.45, 2.75) is 0 Å². The van der Waals surface area contributed by atoms with E-state index >= 15 is 0 Å². The maximum absolute atomic E-state index is 6.79. The average molecular weight is 723 g/mol. The molecule has 0 aliphatic heterocycles. The van der Waals surface area contributed by atoms with Gasteiger partial charge < -0.3 is 0 Å². The number of nitrogens with zero attached hydrogens (tertiary/aromatic N) is 6. The second kappa shape index (κ2) is 12.5. The van der Waals surface area contributed by atoms with Crippen molar-refractivity contribution < 1.29 is 0 Å². The van der Waals surface area contributed by atoms with Crippen LogP contribution in [0.5, 0.6) is 0 Å². The summed E-state index contributed by atoms with van der Waals surface area (Å²) in [5.41, 5.74) is 12.4. The first kappa shape index (κ1) is 31.4. The van der Waals surface area contributed by atoms with Gasteiger partial charge in [0.15, 0.2) is 0 Å². The number of aromatic nitrogens is 6. The molecule has 0 saturated heterocycles. The van der Waals surface area contributed by atoms with Crippen LogP contribution in [-0.2, 0) is 0 Å². The minimum absolute atomic E-state index is 0.607. The predicted octanol–water partition coefficient (Wildman–Crippen LogP) is 12.3. The van der Waals surface area contributed by atoms with Crippen LogP contribution >= 0.6 is 11.6 Å². The van der Waals surface area contributed by atoms with Gasteiger partial charge in [0.1, 0.15) is 0 Å². The zero-order valence-corrected chi connectivity index (χ0v) is 29.9. The van der Waals surface area contributed by atoms with E-state index in [1.165, 1.54) is 0 Å². The Morgan fingerprint density at radius 3 is 1.04 bits per heavy atom. The number of fused-ring (bicyclic) bond motifs is 9. The lowest BCUT2D eigenvalue weighted by molar-refractivity contribution is 1.35. The van der Waals surface area contributed by atoms with Crippen molar-refractivity contribution in [2.24, 2.45) is 0 Å². The number of halogens is 1. The summed E-state index contributed by atoms with van der Waals surface area (Å²) in [6.45, 7) is 0. The van der Waals surface area contributed by atoms with Crippen LogP contribution < -0.4 is 0 Å². The number of rotatable bonds is 4. The Morgan fingerprint density at radius 1 is 0.291 bits per heavy atom. The molecule has 11 aromatic rings. The van der Waals surface area contributed by atoms with E-state index in [0.717, 1.165) is 110 Å². The minimum atomic E-state index is 0.607. The van der Waals surface area contributed by atoms with Crippen LogP contribution in [-0.4, -0.2) is 29.9 Å². The van der Waals surface area contributed by atoms with E-state index in [9.17, 15) is 0 Å². The van der Waals surface area contributed by atoms with Crippen LogP contribution in [0.25, 0.3) is 110 Å². The average Bonchev–Trinajstić information content (AvgIpc) is 3.25. The van der Waals surface area contributed by atoms with Gasteiger partial charge in [-0.2, -0.15) is 0 Å². The summed E-state index contributed by atoms with van der Waals surface area (Å²) in [5.74, 6) is 0. The molecule has 55 heavy (non-hydrogen) atoms. The Bertz CT molecular complexity index is 3360. The normalized spacial score (nSPS) is 11.7. The van der Waals surface area contributed by atoms with Crippen molar-refractivity contribution in [3.8, 4) is 45.0 Å². The molecule has 0 N–H and O–H groups in total. The highest BCUT2D eigenvalue weighted by molar-refractivity contribution is 6.31. The van der Waals surface area contributed by atoms with Gasteiger partial charge in [-0.3, -0.25) is 9.97 Å². The highest BCUT2D eigenvalue weighted by atomic mass is 35.5. The lowest BCUT2D eigenvalue weighted by Crippen LogP contribution is -1.93. The third-order valence-electron chi connectivity index (χ3n) is 10.3. The fourth-order valence-electron chi connectivity index (χ4n) is 7.58. The number of benzene rings is 5. The van der Waals surface area contributed by atoms with Crippen molar-refractivity contribution in [2.75, 3.05) is 0 Å². The third kappa shape index (κ3) is 5.42. The summed E-state index contributed by atoms with van der Waals surface area (Å²) in [7, 11) is 0. The van der Waals surface area contributed by atoms with Crippen LogP contribution in [0.3, 0.4) is 0 Å².